The summed E-state index contributed by atoms with van der Waals surface area (Å²) in [7, 11) is 4.06. The normalized spacial score (nSPS) is 16.9. The summed E-state index contributed by atoms with van der Waals surface area (Å²) in [5, 5.41) is 0. The molecule has 0 bridgehead atoms. The number of carbonyl (C=O) groups is 1. The van der Waals surface area contributed by atoms with Crippen LogP contribution in [-0.4, -0.2) is 44.9 Å². The molecular formula is C29H37ClF6N2O4. The second-order valence-electron chi connectivity index (χ2n) is 10.2. The first-order valence-corrected chi connectivity index (χ1v) is 13.3. The summed E-state index contributed by atoms with van der Waals surface area (Å²) >= 11 is 0. The molecule has 6 nitrogen and oxygen atoms in total. The quantitative estimate of drug-likeness (QED) is 0.261. The van der Waals surface area contributed by atoms with Gasteiger partial charge in [0.15, 0.2) is 11.5 Å². The second-order valence-corrected chi connectivity index (χ2v) is 10.2. The van der Waals surface area contributed by atoms with E-state index < -0.39 is 42.2 Å². The van der Waals surface area contributed by atoms with Crippen molar-refractivity contribution in [3.63, 3.8) is 0 Å². The molecule has 0 spiro atoms. The Morgan fingerprint density at radius 1 is 0.929 bits per heavy atom. The summed E-state index contributed by atoms with van der Waals surface area (Å²) in [5.74, 6) is 1.19. The van der Waals surface area contributed by atoms with Crippen molar-refractivity contribution in [1.29, 1.82) is 0 Å². The number of halogens is 7. The Bertz CT molecular complexity index is 1190. The van der Waals surface area contributed by atoms with Crippen molar-refractivity contribution in [3.05, 3.63) is 52.6 Å². The molecule has 2 atom stereocenters. The minimum absolute atomic E-state index is 0. The minimum atomic E-state index is -5.02. The third-order valence-corrected chi connectivity index (χ3v) is 7.69. The zero-order valence-electron chi connectivity index (χ0n) is 24.4. The van der Waals surface area contributed by atoms with Gasteiger partial charge in [0.25, 0.3) is 0 Å². The topological polar surface area (TPSA) is 51.2 Å². The number of benzene rings is 2. The third-order valence-electron chi connectivity index (χ3n) is 7.69. The van der Waals surface area contributed by atoms with Gasteiger partial charge in [0.05, 0.1) is 38.5 Å². The van der Waals surface area contributed by atoms with Crippen LogP contribution in [0.2, 0.25) is 0 Å². The minimum Gasteiger partial charge on any atom is -0.493 e. The number of amides is 1. The maximum absolute atomic E-state index is 13.6. The van der Waals surface area contributed by atoms with Crippen LogP contribution in [0.25, 0.3) is 0 Å². The van der Waals surface area contributed by atoms with Crippen LogP contribution in [0.4, 0.5) is 36.8 Å². The van der Waals surface area contributed by atoms with Crippen molar-refractivity contribution in [3.8, 4) is 11.5 Å². The highest BCUT2D eigenvalue weighted by Gasteiger charge is 2.40. The fourth-order valence-corrected chi connectivity index (χ4v) is 5.34. The van der Waals surface area contributed by atoms with Gasteiger partial charge in [-0.3, -0.25) is 4.90 Å². The van der Waals surface area contributed by atoms with E-state index in [4.69, 9.17) is 14.2 Å². The molecule has 0 fully saturated rings. The van der Waals surface area contributed by atoms with E-state index in [0.29, 0.717) is 48.1 Å². The smallest absolute Gasteiger partial charge is 0.416 e. The highest BCUT2D eigenvalue weighted by Crippen LogP contribution is 2.47. The molecule has 1 aliphatic rings. The number of rotatable bonds is 9. The van der Waals surface area contributed by atoms with E-state index in [1.54, 1.807) is 12.1 Å². The monoisotopic (exact) mass is 626 g/mol. The van der Waals surface area contributed by atoms with Gasteiger partial charge in [0, 0.05) is 36.4 Å². The van der Waals surface area contributed by atoms with E-state index in [1.807, 2.05) is 6.92 Å². The molecule has 1 aliphatic heterocycles. The molecule has 0 N–H and O–H groups in total. The average molecular weight is 627 g/mol. The third kappa shape index (κ3) is 7.67. The molecule has 0 saturated carbocycles. The summed E-state index contributed by atoms with van der Waals surface area (Å²) in [5.41, 5.74) is -1.86. The first-order chi connectivity index (χ1) is 19.2. The lowest BCUT2D eigenvalue weighted by Gasteiger charge is -2.45. The van der Waals surface area contributed by atoms with Crippen molar-refractivity contribution >= 4 is 24.2 Å². The Labute approximate surface area is 248 Å². The second kappa shape index (κ2) is 14.0. The summed E-state index contributed by atoms with van der Waals surface area (Å²) in [6.07, 6.45) is -8.69. The predicted octanol–water partition coefficient (Wildman–Crippen LogP) is 8.51. The van der Waals surface area contributed by atoms with Gasteiger partial charge in [-0.05, 0) is 49.1 Å². The zero-order chi connectivity index (χ0) is 30.7. The van der Waals surface area contributed by atoms with Crippen LogP contribution in [-0.2, 0) is 23.6 Å². The zero-order valence-corrected chi connectivity index (χ0v) is 25.2. The van der Waals surface area contributed by atoms with Crippen LogP contribution in [0.15, 0.2) is 30.3 Å². The molecule has 236 valence electrons. The van der Waals surface area contributed by atoms with Crippen LogP contribution in [0.1, 0.15) is 68.3 Å². The Kier molecular flexibility index (Phi) is 11.7. The number of alkyl halides is 6. The molecule has 2 aromatic rings. The van der Waals surface area contributed by atoms with Crippen molar-refractivity contribution < 1.29 is 45.3 Å². The lowest BCUT2D eigenvalue weighted by atomic mass is 9.88. The van der Waals surface area contributed by atoms with Crippen molar-refractivity contribution in [1.82, 2.24) is 4.90 Å². The van der Waals surface area contributed by atoms with Gasteiger partial charge in [0.1, 0.15) is 0 Å². The lowest BCUT2D eigenvalue weighted by molar-refractivity contribution is -0.143. The van der Waals surface area contributed by atoms with Gasteiger partial charge >= 0.3 is 18.4 Å². The highest BCUT2D eigenvalue weighted by atomic mass is 35.5. The molecule has 0 radical (unpaired) electrons. The number of hydrogen-bond acceptors (Lipinski definition) is 5. The Morgan fingerprint density at radius 3 is 1.90 bits per heavy atom. The summed E-state index contributed by atoms with van der Waals surface area (Å²) in [4.78, 5) is 16.5. The largest absolute Gasteiger partial charge is 0.493 e. The Balaban J connectivity index is 0.00000616. The number of nitrogens with zero attached hydrogens (tertiary/aromatic N) is 2. The molecule has 2 aromatic carbocycles. The van der Waals surface area contributed by atoms with Crippen molar-refractivity contribution in [2.24, 2.45) is 5.92 Å². The van der Waals surface area contributed by atoms with Crippen LogP contribution in [0.3, 0.4) is 0 Å². The number of hydrogen-bond donors (Lipinski definition) is 0. The summed E-state index contributed by atoms with van der Waals surface area (Å²) in [6, 6.07) is 3.95. The Hall–Kier alpha value is -3.02. The van der Waals surface area contributed by atoms with Crippen LogP contribution in [0, 0.1) is 5.92 Å². The van der Waals surface area contributed by atoms with E-state index in [2.05, 4.69) is 18.7 Å². The maximum atomic E-state index is 13.6. The molecule has 1 amide bonds. The van der Waals surface area contributed by atoms with Gasteiger partial charge in [-0.2, -0.15) is 26.3 Å². The fourth-order valence-electron chi connectivity index (χ4n) is 5.34. The van der Waals surface area contributed by atoms with E-state index in [1.165, 1.54) is 19.1 Å². The number of methoxy groups -OCH3 is 3. The average Bonchev–Trinajstić information content (AvgIpc) is 2.93. The van der Waals surface area contributed by atoms with Crippen LogP contribution >= 0.6 is 12.4 Å². The number of ether oxygens (including phenoxy) is 3. The van der Waals surface area contributed by atoms with Crippen molar-refractivity contribution in [2.45, 2.75) is 71.0 Å². The molecule has 3 rings (SSSR count). The van der Waals surface area contributed by atoms with E-state index in [9.17, 15) is 31.1 Å². The van der Waals surface area contributed by atoms with Crippen LogP contribution in [0.5, 0.6) is 11.5 Å². The summed E-state index contributed by atoms with van der Waals surface area (Å²) < 4.78 is 97.4. The molecule has 0 saturated heterocycles. The standard InChI is InChI=1S/C29H36F6N2O4.ClH/c1-7-18(8-2)15-36-17(3)9-23(22-13-25(39-4)26(40-5)14-24(22)36)37(27(38)41-6)16-19-10-20(28(30,31)32)12-21(11-19)29(33,34)35;/h10-14,17-18,23H,7-9,15-16H2,1-6H3;1H/t17-,23+;/m0./s1. The van der Waals surface area contributed by atoms with Crippen molar-refractivity contribution in [2.75, 3.05) is 32.8 Å². The highest BCUT2D eigenvalue weighted by molar-refractivity contribution is 5.85. The molecular weight excluding hydrogens is 590 g/mol. The number of anilines is 1. The molecule has 0 aromatic heterocycles. The first-order valence-electron chi connectivity index (χ1n) is 13.3. The Morgan fingerprint density at radius 2 is 1.45 bits per heavy atom. The SMILES string of the molecule is CCC(CC)CN1c2cc(OC)c(OC)cc2[C@H](N(Cc2cc(C(F)(F)F)cc(C(F)(F)F)c2)C(=O)OC)C[C@@H]1C.Cl. The molecule has 0 aliphatic carbocycles. The van der Waals surface area contributed by atoms with Gasteiger partial charge in [-0.1, -0.05) is 26.7 Å². The van der Waals surface area contributed by atoms with E-state index >= 15 is 0 Å². The molecule has 0 unspecified atom stereocenters. The molecule has 42 heavy (non-hydrogen) atoms. The lowest BCUT2D eigenvalue weighted by Crippen LogP contribution is -2.46. The number of fused-ring (bicyclic) bond motifs is 1. The first kappa shape index (κ1) is 35.2. The van der Waals surface area contributed by atoms with E-state index in [0.717, 1.165) is 25.6 Å². The number of carbonyl (C=O) groups excluding carboxylic acids is 1. The predicted molar refractivity (Wildman–Crippen MR) is 149 cm³/mol. The van der Waals surface area contributed by atoms with Gasteiger partial charge in [-0.15, -0.1) is 12.4 Å². The molecule has 13 heteroatoms. The van der Waals surface area contributed by atoms with Gasteiger partial charge in [0.2, 0.25) is 0 Å². The summed E-state index contributed by atoms with van der Waals surface area (Å²) in [6.45, 7) is 6.34. The van der Waals surface area contributed by atoms with E-state index in [-0.39, 0.29) is 30.1 Å². The van der Waals surface area contributed by atoms with Gasteiger partial charge in [-0.25, -0.2) is 4.79 Å². The van der Waals surface area contributed by atoms with Crippen LogP contribution < -0.4 is 14.4 Å². The molecule has 1 heterocycles. The fraction of sp³-hybridized carbons (Fsp3) is 0.552. The maximum Gasteiger partial charge on any atom is 0.416 e. The van der Waals surface area contributed by atoms with Gasteiger partial charge < -0.3 is 19.1 Å².